The molecule has 0 unspecified atom stereocenters. The van der Waals surface area contributed by atoms with Gasteiger partial charge < -0.3 is 10.6 Å². The van der Waals surface area contributed by atoms with Gasteiger partial charge in [-0.15, -0.1) is 0 Å². The van der Waals surface area contributed by atoms with Crippen molar-refractivity contribution in [1.29, 1.82) is 0 Å². The van der Waals surface area contributed by atoms with Crippen LogP contribution < -0.4 is 10.6 Å². The lowest BCUT2D eigenvalue weighted by Crippen LogP contribution is -2.18. The van der Waals surface area contributed by atoms with Gasteiger partial charge in [-0.1, -0.05) is 45.8 Å². The first-order valence-corrected chi connectivity index (χ1v) is 8.70. The van der Waals surface area contributed by atoms with Crippen LogP contribution in [0.1, 0.15) is 11.1 Å². The molecule has 122 valence electrons. The summed E-state index contributed by atoms with van der Waals surface area (Å²) in [6.07, 6.45) is 3.71. The van der Waals surface area contributed by atoms with Crippen LogP contribution in [0.3, 0.4) is 0 Å². The van der Waals surface area contributed by atoms with Gasteiger partial charge in [-0.2, -0.15) is 5.10 Å². The van der Waals surface area contributed by atoms with Crippen LogP contribution in [0, 0.1) is 6.92 Å². The SMILES string of the molecule is Cc1ccc(Cn2cc(NC(=S)Nc3ccc(Br)cc3)cn2)cc1. The minimum Gasteiger partial charge on any atom is -0.332 e. The molecule has 0 aliphatic rings. The quantitative estimate of drug-likeness (QED) is 0.616. The largest absolute Gasteiger partial charge is 0.332 e. The Morgan fingerprint density at radius 3 is 2.42 bits per heavy atom. The average Bonchev–Trinajstić information content (AvgIpc) is 2.99. The molecular weight excluding hydrogens is 384 g/mol. The molecule has 3 aromatic rings. The molecule has 0 spiro atoms. The van der Waals surface area contributed by atoms with Crippen molar-refractivity contribution >= 4 is 44.6 Å². The van der Waals surface area contributed by atoms with Gasteiger partial charge in [-0.05, 0) is 49.0 Å². The highest BCUT2D eigenvalue weighted by Crippen LogP contribution is 2.15. The zero-order chi connectivity index (χ0) is 16.9. The summed E-state index contributed by atoms with van der Waals surface area (Å²) < 4.78 is 2.92. The van der Waals surface area contributed by atoms with E-state index in [0.717, 1.165) is 22.4 Å². The molecule has 2 aromatic carbocycles. The summed E-state index contributed by atoms with van der Waals surface area (Å²) in [6.45, 7) is 2.81. The molecule has 4 nitrogen and oxygen atoms in total. The molecular formula is C18H17BrN4S. The minimum absolute atomic E-state index is 0.534. The zero-order valence-corrected chi connectivity index (χ0v) is 15.6. The molecule has 0 bridgehead atoms. The highest BCUT2D eigenvalue weighted by atomic mass is 79.9. The van der Waals surface area contributed by atoms with Gasteiger partial charge in [0.1, 0.15) is 0 Å². The van der Waals surface area contributed by atoms with Crippen molar-refractivity contribution in [2.75, 3.05) is 10.6 Å². The smallest absolute Gasteiger partial charge is 0.175 e. The monoisotopic (exact) mass is 400 g/mol. The number of aryl methyl sites for hydroxylation is 1. The Labute approximate surface area is 155 Å². The van der Waals surface area contributed by atoms with Gasteiger partial charge in [-0.3, -0.25) is 4.68 Å². The van der Waals surface area contributed by atoms with Gasteiger partial charge in [0.05, 0.1) is 18.4 Å². The normalized spacial score (nSPS) is 10.4. The van der Waals surface area contributed by atoms with Crippen molar-refractivity contribution in [3.63, 3.8) is 0 Å². The van der Waals surface area contributed by atoms with Crippen LogP contribution in [0.15, 0.2) is 65.4 Å². The van der Waals surface area contributed by atoms with Gasteiger partial charge >= 0.3 is 0 Å². The van der Waals surface area contributed by atoms with Crippen molar-refractivity contribution in [1.82, 2.24) is 9.78 Å². The lowest BCUT2D eigenvalue weighted by Gasteiger charge is -2.08. The molecule has 1 aromatic heterocycles. The van der Waals surface area contributed by atoms with E-state index in [9.17, 15) is 0 Å². The van der Waals surface area contributed by atoms with Gasteiger partial charge in [-0.25, -0.2) is 0 Å². The summed E-state index contributed by atoms with van der Waals surface area (Å²) >= 11 is 8.75. The second kappa shape index (κ2) is 7.59. The van der Waals surface area contributed by atoms with Crippen LogP contribution in [-0.4, -0.2) is 14.9 Å². The van der Waals surface area contributed by atoms with Crippen molar-refractivity contribution in [2.24, 2.45) is 0 Å². The number of rotatable bonds is 4. The lowest BCUT2D eigenvalue weighted by molar-refractivity contribution is 0.687. The molecule has 0 saturated heterocycles. The predicted molar refractivity (Wildman–Crippen MR) is 106 cm³/mol. The van der Waals surface area contributed by atoms with Gasteiger partial charge in [0.15, 0.2) is 5.11 Å². The van der Waals surface area contributed by atoms with E-state index in [1.807, 2.05) is 35.1 Å². The molecule has 0 radical (unpaired) electrons. The Hall–Kier alpha value is -2.18. The summed E-state index contributed by atoms with van der Waals surface area (Å²) in [6, 6.07) is 16.3. The summed E-state index contributed by atoms with van der Waals surface area (Å²) in [5.41, 5.74) is 4.26. The first kappa shape index (κ1) is 16.7. The molecule has 1 heterocycles. The van der Waals surface area contributed by atoms with Crippen LogP contribution in [0.4, 0.5) is 11.4 Å². The van der Waals surface area contributed by atoms with Crippen molar-refractivity contribution in [2.45, 2.75) is 13.5 Å². The Morgan fingerprint density at radius 2 is 1.71 bits per heavy atom. The fourth-order valence-corrected chi connectivity index (χ4v) is 2.72. The number of anilines is 2. The molecule has 0 fully saturated rings. The number of thiocarbonyl (C=S) groups is 1. The first-order valence-electron chi connectivity index (χ1n) is 7.50. The number of hydrogen-bond donors (Lipinski definition) is 2. The number of aromatic nitrogens is 2. The summed E-state index contributed by atoms with van der Waals surface area (Å²) in [5.74, 6) is 0. The number of halogens is 1. The number of nitrogens with one attached hydrogen (secondary N) is 2. The van der Waals surface area contributed by atoms with E-state index in [4.69, 9.17) is 12.2 Å². The zero-order valence-electron chi connectivity index (χ0n) is 13.2. The third kappa shape index (κ3) is 4.66. The standard InChI is InChI=1S/C18H17BrN4S/c1-13-2-4-14(5-3-13)11-23-12-17(10-20-23)22-18(24)21-16-8-6-15(19)7-9-16/h2-10,12H,11H2,1H3,(H2,21,22,24). The predicted octanol–water partition coefficient (Wildman–Crippen LogP) is 4.81. The highest BCUT2D eigenvalue weighted by molar-refractivity contribution is 9.10. The van der Waals surface area contributed by atoms with E-state index < -0.39 is 0 Å². The molecule has 0 aliphatic heterocycles. The molecule has 0 atom stereocenters. The molecule has 3 rings (SSSR count). The van der Waals surface area contributed by atoms with Crippen LogP contribution in [0.2, 0.25) is 0 Å². The van der Waals surface area contributed by atoms with Crippen LogP contribution in [0.5, 0.6) is 0 Å². The Kier molecular flexibility index (Phi) is 5.27. The molecule has 0 saturated carbocycles. The summed E-state index contributed by atoms with van der Waals surface area (Å²) in [7, 11) is 0. The fraction of sp³-hybridized carbons (Fsp3) is 0.111. The van der Waals surface area contributed by atoms with Gasteiger partial charge in [0.2, 0.25) is 0 Å². The summed E-state index contributed by atoms with van der Waals surface area (Å²) in [5, 5.41) is 11.2. The van der Waals surface area contributed by atoms with E-state index in [1.165, 1.54) is 11.1 Å². The highest BCUT2D eigenvalue weighted by Gasteiger charge is 2.03. The van der Waals surface area contributed by atoms with Gasteiger partial charge in [0.25, 0.3) is 0 Å². The van der Waals surface area contributed by atoms with Crippen LogP contribution in [-0.2, 0) is 6.54 Å². The van der Waals surface area contributed by atoms with Crippen molar-refractivity contribution in [3.8, 4) is 0 Å². The number of nitrogens with zero attached hydrogens (tertiary/aromatic N) is 2. The molecule has 24 heavy (non-hydrogen) atoms. The topological polar surface area (TPSA) is 41.9 Å². The average molecular weight is 401 g/mol. The third-order valence-electron chi connectivity index (χ3n) is 3.46. The van der Waals surface area contributed by atoms with E-state index in [-0.39, 0.29) is 0 Å². The van der Waals surface area contributed by atoms with Crippen molar-refractivity contribution in [3.05, 3.63) is 76.5 Å². The minimum atomic E-state index is 0.534. The second-order valence-corrected chi connectivity index (χ2v) is 6.82. The molecule has 0 amide bonds. The summed E-state index contributed by atoms with van der Waals surface area (Å²) in [4.78, 5) is 0. The lowest BCUT2D eigenvalue weighted by atomic mass is 10.1. The number of hydrogen-bond acceptors (Lipinski definition) is 2. The second-order valence-electron chi connectivity index (χ2n) is 5.50. The van der Waals surface area contributed by atoms with E-state index in [2.05, 4.69) is 62.9 Å². The molecule has 2 N–H and O–H groups in total. The van der Waals surface area contributed by atoms with Crippen LogP contribution >= 0.6 is 28.1 Å². The van der Waals surface area contributed by atoms with Gasteiger partial charge in [0, 0.05) is 16.4 Å². The molecule has 0 aliphatic carbocycles. The van der Waals surface area contributed by atoms with Crippen LogP contribution in [0.25, 0.3) is 0 Å². The van der Waals surface area contributed by atoms with E-state index in [0.29, 0.717) is 5.11 Å². The third-order valence-corrected chi connectivity index (χ3v) is 4.19. The Balaban J connectivity index is 1.58. The van der Waals surface area contributed by atoms with E-state index in [1.54, 1.807) is 6.20 Å². The maximum absolute atomic E-state index is 5.33. The van der Waals surface area contributed by atoms with Crippen molar-refractivity contribution < 1.29 is 0 Å². The Bertz CT molecular complexity index is 825. The van der Waals surface area contributed by atoms with E-state index >= 15 is 0 Å². The molecule has 6 heteroatoms. The maximum atomic E-state index is 5.33. The Morgan fingerprint density at radius 1 is 1.04 bits per heavy atom. The number of benzene rings is 2. The fourth-order valence-electron chi connectivity index (χ4n) is 2.22. The maximum Gasteiger partial charge on any atom is 0.175 e. The first-order chi connectivity index (χ1) is 11.6.